The first-order valence-corrected chi connectivity index (χ1v) is 3.18. The third-order valence-electron chi connectivity index (χ3n) is 1.22. The molecule has 0 fully saturated rings. The predicted molar refractivity (Wildman–Crippen MR) is 41.0 cm³/mol. The fraction of sp³-hybridized carbons (Fsp3) is 0. The maximum atomic E-state index is 12.6. The number of benzene rings is 1. The van der Waals surface area contributed by atoms with Crippen LogP contribution in [0.5, 0.6) is 5.75 Å². The molecule has 60 valence electrons. The molecule has 0 heterocycles. The molecule has 0 radical (unpaired) electrons. The summed E-state index contributed by atoms with van der Waals surface area (Å²) in [4.78, 5) is 9.81. The number of aldehydes is 1. The molecule has 0 saturated heterocycles. The molecule has 0 saturated carbocycles. The van der Waals surface area contributed by atoms with Crippen LogP contribution in [0.3, 0.4) is 0 Å². The fourth-order valence-electron chi connectivity index (χ4n) is 0.697. The van der Waals surface area contributed by atoms with E-state index in [0.717, 1.165) is 6.07 Å². The van der Waals surface area contributed by atoms with Gasteiger partial charge in [0.25, 0.3) is 0 Å². The second-order valence-corrected chi connectivity index (χ2v) is 2.05. The van der Waals surface area contributed by atoms with Gasteiger partial charge < -0.3 is 5.11 Å². The molecule has 0 aliphatic heterocycles. The molecule has 0 spiro atoms. The molecular formula is C9H5FO2. The molecule has 2 nitrogen and oxygen atoms in total. The highest BCUT2D eigenvalue weighted by Gasteiger charge is 1.98. The van der Waals surface area contributed by atoms with Crippen LogP contribution in [0.1, 0.15) is 5.56 Å². The van der Waals surface area contributed by atoms with Crippen LogP contribution in [-0.4, -0.2) is 11.4 Å². The minimum absolute atomic E-state index is 0.359. The van der Waals surface area contributed by atoms with Gasteiger partial charge in [0.2, 0.25) is 0 Å². The molecule has 0 amide bonds. The van der Waals surface area contributed by atoms with Crippen LogP contribution in [0.15, 0.2) is 18.2 Å². The van der Waals surface area contributed by atoms with E-state index < -0.39 is 11.6 Å². The molecule has 0 bridgehead atoms. The van der Waals surface area contributed by atoms with Crippen molar-refractivity contribution in [2.75, 3.05) is 0 Å². The Labute approximate surface area is 68.6 Å². The number of aromatic hydroxyl groups is 1. The summed E-state index contributed by atoms with van der Waals surface area (Å²) in [6.45, 7) is 0. The SMILES string of the molecule is O=CC#Cc1ccc(O)c(F)c1. The number of hydrogen-bond donors (Lipinski definition) is 1. The summed E-state index contributed by atoms with van der Waals surface area (Å²) in [5.74, 6) is 3.36. The molecule has 1 rings (SSSR count). The summed E-state index contributed by atoms with van der Waals surface area (Å²) in [6.07, 6.45) is 0.421. The number of phenols is 1. The van der Waals surface area contributed by atoms with E-state index in [-0.39, 0.29) is 0 Å². The van der Waals surface area contributed by atoms with Gasteiger partial charge in [0.05, 0.1) is 0 Å². The van der Waals surface area contributed by atoms with Gasteiger partial charge in [0, 0.05) is 5.56 Å². The van der Waals surface area contributed by atoms with Gasteiger partial charge in [0.15, 0.2) is 17.9 Å². The Hall–Kier alpha value is -1.82. The summed E-state index contributed by atoms with van der Waals surface area (Å²) < 4.78 is 12.6. The number of carbonyl (C=O) groups is 1. The lowest BCUT2D eigenvalue weighted by Crippen LogP contribution is -1.79. The number of rotatable bonds is 0. The van der Waals surface area contributed by atoms with Gasteiger partial charge in [-0.2, -0.15) is 0 Å². The van der Waals surface area contributed by atoms with E-state index in [1.165, 1.54) is 12.1 Å². The second kappa shape index (κ2) is 3.54. The van der Waals surface area contributed by atoms with E-state index in [4.69, 9.17) is 5.11 Å². The smallest absolute Gasteiger partial charge is 0.193 e. The molecule has 1 aromatic carbocycles. The summed E-state index contributed by atoms with van der Waals surface area (Å²) >= 11 is 0. The van der Waals surface area contributed by atoms with Crippen LogP contribution in [0.25, 0.3) is 0 Å². The highest BCUT2D eigenvalue weighted by atomic mass is 19.1. The van der Waals surface area contributed by atoms with Crippen molar-refractivity contribution in [3.63, 3.8) is 0 Å². The third-order valence-corrected chi connectivity index (χ3v) is 1.22. The molecule has 0 atom stereocenters. The Morgan fingerprint density at radius 3 is 2.83 bits per heavy atom. The molecular weight excluding hydrogens is 159 g/mol. The molecule has 0 aliphatic carbocycles. The van der Waals surface area contributed by atoms with E-state index in [2.05, 4.69) is 11.8 Å². The van der Waals surface area contributed by atoms with Gasteiger partial charge in [0.1, 0.15) is 0 Å². The van der Waals surface area contributed by atoms with E-state index in [1.807, 2.05) is 0 Å². The lowest BCUT2D eigenvalue weighted by atomic mass is 10.2. The van der Waals surface area contributed by atoms with E-state index in [9.17, 15) is 9.18 Å². The standard InChI is InChI=1S/C9H5FO2/c10-8-6-7(2-1-5-11)3-4-9(8)12/h3-6,12H. The number of hydrogen-bond acceptors (Lipinski definition) is 2. The van der Waals surface area contributed by atoms with Gasteiger partial charge in [-0.25, -0.2) is 4.39 Å². The van der Waals surface area contributed by atoms with E-state index in [0.29, 0.717) is 11.8 Å². The van der Waals surface area contributed by atoms with Crippen LogP contribution < -0.4 is 0 Å². The Bertz CT molecular complexity index is 361. The number of carbonyl (C=O) groups excluding carboxylic acids is 1. The van der Waals surface area contributed by atoms with Crippen LogP contribution in [-0.2, 0) is 4.79 Å². The maximum absolute atomic E-state index is 12.6. The molecule has 0 aliphatic rings. The topological polar surface area (TPSA) is 37.3 Å². The van der Waals surface area contributed by atoms with Gasteiger partial charge >= 0.3 is 0 Å². The summed E-state index contributed by atoms with van der Waals surface area (Å²) in [6, 6.07) is 3.67. The highest BCUT2D eigenvalue weighted by molar-refractivity contribution is 5.73. The first-order chi connectivity index (χ1) is 5.74. The Kier molecular flexibility index (Phi) is 2.44. The zero-order valence-corrected chi connectivity index (χ0v) is 6.04. The Morgan fingerprint density at radius 2 is 2.25 bits per heavy atom. The van der Waals surface area contributed by atoms with Crippen LogP contribution in [0, 0.1) is 17.7 Å². The number of phenolic OH excluding ortho intramolecular Hbond substituents is 1. The summed E-state index contributed by atoms with van der Waals surface area (Å²) in [5, 5.41) is 8.78. The zero-order valence-electron chi connectivity index (χ0n) is 6.04. The lowest BCUT2D eigenvalue weighted by Gasteiger charge is -1.93. The van der Waals surface area contributed by atoms with Crippen molar-refractivity contribution in [1.29, 1.82) is 0 Å². The third kappa shape index (κ3) is 1.83. The lowest BCUT2D eigenvalue weighted by molar-refractivity contribution is -0.103. The molecule has 12 heavy (non-hydrogen) atoms. The molecule has 3 heteroatoms. The van der Waals surface area contributed by atoms with Crippen molar-refractivity contribution in [3.05, 3.63) is 29.6 Å². The largest absolute Gasteiger partial charge is 0.505 e. The van der Waals surface area contributed by atoms with Gasteiger partial charge in [-0.05, 0) is 24.1 Å². The van der Waals surface area contributed by atoms with Gasteiger partial charge in [-0.1, -0.05) is 5.92 Å². The average Bonchev–Trinajstić information content (AvgIpc) is 2.07. The van der Waals surface area contributed by atoms with Crippen molar-refractivity contribution in [1.82, 2.24) is 0 Å². The van der Waals surface area contributed by atoms with Crippen molar-refractivity contribution >= 4 is 6.29 Å². The number of halogens is 1. The van der Waals surface area contributed by atoms with Crippen molar-refractivity contribution in [2.45, 2.75) is 0 Å². The second-order valence-electron chi connectivity index (χ2n) is 2.05. The molecule has 1 aromatic rings. The fourth-order valence-corrected chi connectivity index (χ4v) is 0.697. The van der Waals surface area contributed by atoms with Crippen LogP contribution in [0.2, 0.25) is 0 Å². The van der Waals surface area contributed by atoms with Gasteiger partial charge in [-0.15, -0.1) is 0 Å². The molecule has 1 N–H and O–H groups in total. The van der Waals surface area contributed by atoms with Gasteiger partial charge in [-0.3, -0.25) is 4.79 Å². The first kappa shape index (κ1) is 8.28. The maximum Gasteiger partial charge on any atom is 0.193 e. The quantitative estimate of drug-likeness (QED) is 0.460. The van der Waals surface area contributed by atoms with E-state index >= 15 is 0 Å². The van der Waals surface area contributed by atoms with Crippen LogP contribution in [0.4, 0.5) is 4.39 Å². The predicted octanol–water partition coefficient (Wildman–Crippen LogP) is 1.08. The first-order valence-electron chi connectivity index (χ1n) is 3.18. The van der Waals surface area contributed by atoms with E-state index in [1.54, 1.807) is 0 Å². The Balaban J connectivity index is 3.04. The zero-order chi connectivity index (χ0) is 8.97. The van der Waals surface area contributed by atoms with Crippen molar-refractivity contribution < 1.29 is 14.3 Å². The molecule has 0 aromatic heterocycles. The van der Waals surface area contributed by atoms with Crippen molar-refractivity contribution in [3.8, 4) is 17.6 Å². The van der Waals surface area contributed by atoms with Crippen LogP contribution >= 0.6 is 0 Å². The highest BCUT2D eigenvalue weighted by Crippen LogP contribution is 2.15. The monoisotopic (exact) mass is 164 g/mol. The molecule has 0 unspecified atom stereocenters. The minimum Gasteiger partial charge on any atom is -0.505 e. The Morgan fingerprint density at radius 1 is 1.50 bits per heavy atom. The summed E-state index contributed by atoms with van der Waals surface area (Å²) in [7, 11) is 0. The van der Waals surface area contributed by atoms with Crippen molar-refractivity contribution in [2.24, 2.45) is 0 Å². The summed E-state index contributed by atoms with van der Waals surface area (Å²) in [5.41, 5.74) is 0.359. The minimum atomic E-state index is -0.743. The normalized spacial score (nSPS) is 8.42. The average molecular weight is 164 g/mol.